The van der Waals surface area contributed by atoms with Crippen molar-refractivity contribution in [2.75, 3.05) is 0 Å². The Morgan fingerprint density at radius 2 is 2.20 bits per heavy atom. The predicted octanol–water partition coefficient (Wildman–Crippen LogP) is -0.356. The van der Waals surface area contributed by atoms with Gasteiger partial charge in [-0.25, -0.2) is 4.79 Å². The summed E-state index contributed by atoms with van der Waals surface area (Å²) in [6.07, 6.45) is 1.23. The van der Waals surface area contributed by atoms with Crippen LogP contribution in [0.2, 0.25) is 0 Å². The fourth-order valence-electron chi connectivity index (χ4n) is 1.04. The molecule has 1 aromatic rings. The Balaban J connectivity index is 2.67. The highest BCUT2D eigenvalue weighted by molar-refractivity contribution is 5.94. The van der Waals surface area contributed by atoms with Crippen LogP contribution in [-0.4, -0.2) is 38.4 Å². The van der Waals surface area contributed by atoms with E-state index in [-0.39, 0.29) is 11.6 Å². The van der Waals surface area contributed by atoms with Crippen LogP contribution in [-0.2, 0) is 4.79 Å². The number of aromatic amines is 1. The smallest absolute Gasteiger partial charge is 0.326 e. The number of rotatable bonds is 4. The summed E-state index contributed by atoms with van der Waals surface area (Å²) in [5.74, 6) is -1.81. The maximum absolute atomic E-state index is 11.4. The standard InChI is InChI=1S/C8H12N4O3/c1-4(2)6(8(14)15)10-7(13)5-3-9-12-11-5/h3-4,6H,1-2H3,(H,10,13)(H,14,15)(H,9,11,12)/t6-/m0/s1. The van der Waals surface area contributed by atoms with Gasteiger partial charge in [-0.3, -0.25) is 4.79 Å². The molecule has 0 aliphatic rings. The van der Waals surface area contributed by atoms with Crippen molar-refractivity contribution in [1.82, 2.24) is 20.7 Å². The van der Waals surface area contributed by atoms with Gasteiger partial charge in [-0.05, 0) is 5.92 Å². The van der Waals surface area contributed by atoms with E-state index >= 15 is 0 Å². The maximum Gasteiger partial charge on any atom is 0.326 e. The fraction of sp³-hybridized carbons (Fsp3) is 0.500. The van der Waals surface area contributed by atoms with Gasteiger partial charge in [-0.1, -0.05) is 13.8 Å². The predicted molar refractivity (Wildman–Crippen MR) is 50.1 cm³/mol. The lowest BCUT2D eigenvalue weighted by Crippen LogP contribution is -2.44. The largest absolute Gasteiger partial charge is 0.480 e. The number of aromatic nitrogens is 3. The van der Waals surface area contributed by atoms with E-state index in [1.807, 2.05) is 0 Å². The SMILES string of the molecule is CC(C)[C@H](NC(=O)c1cn[nH]n1)C(=O)O. The van der Waals surface area contributed by atoms with Crippen LogP contribution in [0.4, 0.5) is 0 Å². The zero-order valence-corrected chi connectivity index (χ0v) is 8.39. The summed E-state index contributed by atoms with van der Waals surface area (Å²) < 4.78 is 0. The van der Waals surface area contributed by atoms with E-state index in [1.54, 1.807) is 13.8 Å². The number of hydrogen-bond donors (Lipinski definition) is 3. The van der Waals surface area contributed by atoms with E-state index in [1.165, 1.54) is 6.20 Å². The Labute approximate surface area is 85.9 Å². The normalized spacial score (nSPS) is 12.5. The van der Waals surface area contributed by atoms with Crippen LogP contribution in [0.3, 0.4) is 0 Å². The number of carboxylic acids is 1. The molecule has 0 spiro atoms. The van der Waals surface area contributed by atoms with E-state index < -0.39 is 17.9 Å². The number of amides is 1. The lowest BCUT2D eigenvalue weighted by molar-refractivity contribution is -0.140. The number of aliphatic carboxylic acids is 1. The third-order valence-electron chi connectivity index (χ3n) is 1.87. The molecule has 0 aromatic carbocycles. The average Bonchev–Trinajstić information content (AvgIpc) is 2.65. The van der Waals surface area contributed by atoms with Crippen molar-refractivity contribution in [2.45, 2.75) is 19.9 Å². The molecule has 0 aliphatic carbocycles. The number of nitrogens with one attached hydrogen (secondary N) is 2. The molecule has 15 heavy (non-hydrogen) atoms. The minimum Gasteiger partial charge on any atom is -0.480 e. The van der Waals surface area contributed by atoms with Crippen LogP contribution < -0.4 is 5.32 Å². The lowest BCUT2D eigenvalue weighted by Gasteiger charge is -2.16. The average molecular weight is 212 g/mol. The molecule has 82 valence electrons. The van der Waals surface area contributed by atoms with Gasteiger partial charge < -0.3 is 10.4 Å². The molecule has 0 fully saturated rings. The number of H-pyrrole nitrogens is 1. The number of carbonyl (C=O) groups excluding carboxylic acids is 1. The molecule has 0 aliphatic heterocycles. The van der Waals surface area contributed by atoms with E-state index in [2.05, 4.69) is 20.7 Å². The van der Waals surface area contributed by atoms with Gasteiger partial charge in [0, 0.05) is 0 Å². The van der Waals surface area contributed by atoms with E-state index in [0.29, 0.717) is 0 Å². The number of carboxylic acid groups (broad SMARTS) is 1. The molecular weight excluding hydrogens is 200 g/mol. The molecule has 0 unspecified atom stereocenters. The van der Waals surface area contributed by atoms with Gasteiger partial charge in [0.15, 0.2) is 5.69 Å². The molecule has 1 amide bonds. The molecule has 7 nitrogen and oxygen atoms in total. The molecule has 0 saturated carbocycles. The van der Waals surface area contributed by atoms with Crippen LogP contribution in [0.25, 0.3) is 0 Å². The Morgan fingerprint density at radius 3 is 2.60 bits per heavy atom. The summed E-state index contributed by atoms with van der Waals surface area (Å²) in [5.41, 5.74) is 0.0712. The summed E-state index contributed by atoms with van der Waals surface area (Å²) in [5, 5.41) is 20.5. The molecule has 1 heterocycles. The van der Waals surface area contributed by atoms with E-state index in [4.69, 9.17) is 5.11 Å². The third-order valence-corrected chi connectivity index (χ3v) is 1.87. The molecular formula is C8H12N4O3. The Hall–Kier alpha value is -1.92. The number of hydrogen-bond acceptors (Lipinski definition) is 4. The van der Waals surface area contributed by atoms with Crippen molar-refractivity contribution in [3.8, 4) is 0 Å². The second-order valence-electron chi connectivity index (χ2n) is 3.39. The van der Waals surface area contributed by atoms with Gasteiger partial charge >= 0.3 is 5.97 Å². The molecule has 1 atom stereocenters. The van der Waals surface area contributed by atoms with Gasteiger partial charge in [0.2, 0.25) is 0 Å². The van der Waals surface area contributed by atoms with Crippen molar-refractivity contribution >= 4 is 11.9 Å². The van der Waals surface area contributed by atoms with Crippen molar-refractivity contribution in [3.63, 3.8) is 0 Å². The van der Waals surface area contributed by atoms with Crippen LogP contribution in [0.1, 0.15) is 24.3 Å². The van der Waals surface area contributed by atoms with Gasteiger partial charge in [0.05, 0.1) is 6.20 Å². The van der Waals surface area contributed by atoms with Gasteiger partial charge in [-0.15, -0.1) is 0 Å². The second kappa shape index (κ2) is 4.54. The maximum atomic E-state index is 11.4. The van der Waals surface area contributed by atoms with Crippen molar-refractivity contribution in [3.05, 3.63) is 11.9 Å². The number of nitrogens with zero attached hydrogens (tertiary/aromatic N) is 2. The summed E-state index contributed by atoms with van der Waals surface area (Å²) in [6, 6.07) is -0.922. The second-order valence-corrected chi connectivity index (χ2v) is 3.39. The fourth-order valence-corrected chi connectivity index (χ4v) is 1.04. The third kappa shape index (κ3) is 2.76. The highest BCUT2D eigenvalue weighted by Crippen LogP contribution is 2.02. The van der Waals surface area contributed by atoms with Crippen molar-refractivity contribution in [2.24, 2.45) is 5.92 Å². The van der Waals surface area contributed by atoms with Gasteiger partial charge in [0.25, 0.3) is 5.91 Å². The molecule has 1 aromatic heterocycles. The molecule has 3 N–H and O–H groups in total. The zero-order valence-electron chi connectivity index (χ0n) is 8.39. The molecule has 7 heteroatoms. The van der Waals surface area contributed by atoms with E-state index in [0.717, 1.165) is 0 Å². The van der Waals surface area contributed by atoms with Crippen LogP contribution in [0, 0.1) is 5.92 Å². The highest BCUT2D eigenvalue weighted by Gasteiger charge is 2.24. The first-order valence-corrected chi connectivity index (χ1v) is 4.41. The monoisotopic (exact) mass is 212 g/mol. The summed E-state index contributed by atoms with van der Waals surface area (Å²) in [4.78, 5) is 22.2. The Kier molecular flexibility index (Phi) is 3.37. The lowest BCUT2D eigenvalue weighted by atomic mass is 10.0. The highest BCUT2D eigenvalue weighted by atomic mass is 16.4. The van der Waals surface area contributed by atoms with Crippen LogP contribution in [0.15, 0.2) is 6.20 Å². The topological polar surface area (TPSA) is 108 Å². The Morgan fingerprint density at radius 1 is 1.53 bits per heavy atom. The molecule has 1 rings (SSSR count). The first-order chi connectivity index (χ1) is 7.02. The zero-order chi connectivity index (χ0) is 11.4. The minimum atomic E-state index is -1.07. The minimum absolute atomic E-state index is 0.0712. The first-order valence-electron chi connectivity index (χ1n) is 4.41. The molecule has 0 radical (unpaired) electrons. The molecule has 0 bridgehead atoms. The van der Waals surface area contributed by atoms with Crippen molar-refractivity contribution in [1.29, 1.82) is 0 Å². The summed E-state index contributed by atoms with van der Waals surface area (Å²) in [6.45, 7) is 3.42. The summed E-state index contributed by atoms with van der Waals surface area (Å²) >= 11 is 0. The quantitative estimate of drug-likeness (QED) is 0.631. The van der Waals surface area contributed by atoms with Gasteiger partial charge in [-0.2, -0.15) is 15.4 Å². The number of carbonyl (C=O) groups is 2. The Bertz CT molecular complexity index is 347. The van der Waals surface area contributed by atoms with Crippen LogP contribution in [0.5, 0.6) is 0 Å². The molecule has 0 saturated heterocycles. The first kappa shape index (κ1) is 11.2. The van der Waals surface area contributed by atoms with Crippen molar-refractivity contribution < 1.29 is 14.7 Å². The van der Waals surface area contributed by atoms with Gasteiger partial charge in [0.1, 0.15) is 6.04 Å². The van der Waals surface area contributed by atoms with Crippen LogP contribution >= 0.6 is 0 Å². The summed E-state index contributed by atoms with van der Waals surface area (Å²) in [7, 11) is 0. The van der Waals surface area contributed by atoms with E-state index in [9.17, 15) is 9.59 Å².